The number of benzene rings is 3. The average Bonchev–Trinajstić information content (AvgIpc) is 2.69. The third-order valence-electron chi connectivity index (χ3n) is 3.98. The van der Waals surface area contributed by atoms with E-state index in [1.54, 1.807) is 36.4 Å². The molecule has 0 aliphatic rings. The molecule has 6 heteroatoms. The third kappa shape index (κ3) is 5.32. The van der Waals surface area contributed by atoms with Gasteiger partial charge < -0.3 is 15.4 Å². The van der Waals surface area contributed by atoms with E-state index in [0.717, 1.165) is 14.8 Å². The summed E-state index contributed by atoms with van der Waals surface area (Å²) in [6.07, 6.45) is 0. The number of hydrogen-bond acceptors (Lipinski definition) is 3. The first-order valence-corrected chi connectivity index (χ1v) is 9.75. The maximum Gasteiger partial charge on any atom is 0.262 e. The lowest BCUT2D eigenvalue weighted by Crippen LogP contribution is -2.22. The van der Waals surface area contributed by atoms with E-state index in [-0.39, 0.29) is 18.4 Å². The zero-order valence-corrected chi connectivity index (χ0v) is 17.4. The van der Waals surface area contributed by atoms with Gasteiger partial charge in [0.05, 0.1) is 5.56 Å². The van der Waals surface area contributed by atoms with Crippen LogP contribution in [0.3, 0.4) is 0 Å². The molecule has 0 aliphatic carbocycles. The number of para-hydroxylation sites is 2. The Kier molecular flexibility index (Phi) is 6.65. The number of carbonyl (C=O) groups excluding carboxylic acids is 2. The smallest absolute Gasteiger partial charge is 0.262 e. The quantitative estimate of drug-likeness (QED) is 0.489. The second-order valence-corrected chi connectivity index (χ2v) is 7.36. The van der Waals surface area contributed by atoms with E-state index in [4.69, 9.17) is 4.74 Å². The van der Waals surface area contributed by atoms with Crippen molar-refractivity contribution in [2.75, 3.05) is 17.2 Å². The Morgan fingerprint density at radius 1 is 0.929 bits per heavy atom. The molecule has 2 amide bonds. The number of amides is 2. The number of hydrogen-bond donors (Lipinski definition) is 2. The maximum atomic E-state index is 12.6. The molecule has 0 radical (unpaired) electrons. The first-order valence-electron chi connectivity index (χ1n) is 8.67. The summed E-state index contributed by atoms with van der Waals surface area (Å²) >= 11 is 2.22. The van der Waals surface area contributed by atoms with Gasteiger partial charge in [0.15, 0.2) is 6.61 Å². The number of aryl methyl sites for hydroxylation is 1. The monoisotopic (exact) mass is 486 g/mol. The summed E-state index contributed by atoms with van der Waals surface area (Å²) in [4.78, 5) is 24.8. The van der Waals surface area contributed by atoms with Gasteiger partial charge in [0, 0.05) is 14.9 Å². The van der Waals surface area contributed by atoms with Crippen LogP contribution in [-0.2, 0) is 4.79 Å². The van der Waals surface area contributed by atoms with Gasteiger partial charge in [-0.2, -0.15) is 0 Å². The van der Waals surface area contributed by atoms with E-state index >= 15 is 0 Å². The van der Waals surface area contributed by atoms with Gasteiger partial charge in [0.25, 0.3) is 11.8 Å². The van der Waals surface area contributed by atoms with E-state index in [1.165, 1.54) is 0 Å². The Bertz CT molecular complexity index is 990. The molecule has 0 aliphatic heterocycles. The van der Waals surface area contributed by atoms with E-state index in [0.29, 0.717) is 17.0 Å². The fraction of sp³-hybridized carbons (Fsp3) is 0.0909. The number of nitrogens with one attached hydrogen (secondary N) is 2. The Hall–Kier alpha value is -2.87. The first-order chi connectivity index (χ1) is 13.5. The Balaban J connectivity index is 1.64. The predicted molar refractivity (Wildman–Crippen MR) is 119 cm³/mol. The molecule has 2 N–H and O–H groups in total. The Morgan fingerprint density at radius 2 is 1.64 bits per heavy atom. The normalized spacial score (nSPS) is 10.2. The van der Waals surface area contributed by atoms with Crippen molar-refractivity contribution in [3.8, 4) is 5.75 Å². The van der Waals surface area contributed by atoms with Gasteiger partial charge in [-0.05, 0) is 77.5 Å². The molecule has 0 atom stereocenters. The molecular weight excluding hydrogens is 467 g/mol. The van der Waals surface area contributed by atoms with Crippen molar-refractivity contribution in [2.45, 2.75) is 6.92 Å². The minimum absolute atomic E-state index is 0.193. The van der Waals surface area contributed by atoms with Gasteiger partial charge in [0.2, 0.25) is 0 Å². The number of rotatable bonds is 6. The van der Waals surface area contributed by atoms with Gasteiger partial charge >= 0.3 is 0 Å². The summed E-state index contributed by atoms with van der Waals surface area (Å²) in [6, 6.07) is 21.8. The third-order valence-corrected chi connectivity index (χ3v) is 4.66. The van der Waals surface area contributed by atoms with Crippen LogP contribution in [0.1, 0.15) is 15.9 Å². The molecular formula is C22H19IN2O3. The fourth-order valence-electron chi connectivity index (χ4n) is 2.60. The molecule has 0 unspecified atom stereocenters. The molecule has 28 heavy (non-hydrogen) atoms. The van der Waals surface area contributed by atoms with Gasteiger partial charge in [-0.1, -0.05) is 30.3 Å². The number of ether oxygens (including phenoxy) is 1. The second kappa shape index (κ2) is 9.36. The second-order valence-electron chi connectivity index (χ2n) is 6.11. The van der Waals surface area contributed by atoms with Crippen molar-refractivity contribution in [3.05, 3.63) is 87.5 Å². The molecule has 142 valence electrons. The molecule has 0 heterocycles. The topological polar surface area (TPSA) is 67.4 Å². The van der Waals surface area contributed by atoms with Gasteiger partial charge in [-0.15, -0.1) is 0 Å². The van der Waals surface area contributed by atoms with Crippen molar-refractivity contribution in [3.63, 3.8) is 0 Å². The number of halogens is 1. The summed E-state index contributed by atoms with van der Waals surface area (Å²) in [6.45, 7) is 1.74. The first kappa shape index (κ1) is 19.9. The van der Waals surface area contributed by atoms with Crippen LogP contribution in [0.2, 0.25) is 0 Å². The standard InChI is InChI=1S/C22H19IN2O3/c1-15-13-16(23)11-12-19(15)25-21(26)14-28-20-10-6-5-9-18(20)22(27)24-17-7-3-2-4-8-17/h2-13H,14H2,1H3,(H,24,27)(H,25,26). The summed E-state index contributed by atoms with van der Waals surface area (Å²) in [5.74, 6) is -0.233. The van der Waals surface area contributed by atoms with Crippen LogP contribution in [0.4, 0.5) is 11.4 Å². The minimum Gasteiger partial charge on any atom is -0.483 e. The Labute approximate surface area is 177 Å². The molecule has 3 aromatic rings. The molecule has 0 saturated carbocycles. The van der Waals surface area contributed by atoms with Crippen LogP contribution < -0.4 is 15.4 Å². The summed E-state index contributed by atoms with van der Waals surface area (Å²) in [7, 11) is 0. The molecule has 3 aromatic carbocycles. The van der Waals surface area contributed by atoms with Crippen LogP contribution in [0.25, 0.3) is 0 Å². The molecule has 0 aromatic heterocycles. The van der Waals surface area contributed by atoms with E-state index < -0.39 is 0 Å². The SMILES string of the molecule is Cc1cc(I)ccc1NC(=O)COc1ccccc1C(=O)Nc1ccccc1. The maximum absolute atomic E-state index is 12.6. The van der Waals surface area contributed by atoms with E-state index in [1.807, 2.05) is 43.3 Å². The van der Waals surface area contributed by atoms with E-state index in [2.05, 4.69) is 33.2 Å². The van der Waals surface area contributed by atoms with Gasteiger partial charge in [-0.25, -0.2) is 0 Å². The highest BCUT2D eigenvalue weighted by Crippen LogP contribution is 2.21. The van der Waals surface area contributed by atoms with Crippen molar-refractivity contribution >= 4 is 45.8 Å². The van der Waals surface area contributed by atoms with Crippen LogP contribution >= 0.6 is 22.6 Å². The number of anilines is 2. The average molecular weight is 486 g/mol. The largest absolute Gasteiger partial charge is 0.483 e. The van der Waals surface area contributed by atoms with Crippen LogP contribution in [-0.4, -0.2) is 18.4 Å². The lowest BCUT2D eigenvalue weighted by molar-refractivity contribution is -0.118. The molecule has 0 spiro atoms. The summed E-state index contributed by atoms with van der Waals surface area (Å²) in [5.41, 5.74) is 2.77. The molecule has 0 saturated heterocycles. The number of carbonyl (C=O) groups is 2. The molecule has 5 nitrogen and oxygen atoms in total. The van der Waals surface area contributed by atoms with Crippen LogP contribution in [0.15, 0.2) is 72.8 Å². The molecule has 0 fully saturated rings. The summed E-state index contributed by atoms with van der Waals surface area (Å²) < 4.78 is 6.72. The van der Waals surface area contributed by atoms with Crippen molar-refractivity contribution in [1.82, 2.24) is 0 Å². The zero-order chi connectivity index (χ0) is 19.9. The molecule has 0 bridgehead atoms. The lowest BCUT2D eigenvalue weighted by atomic mass is 10.2. The highest BCUT2D eigenvalue weighted by molar-refractivity contribution is 14.1. The minimum atomic E-state index is -0.296. The lowest BCUT2D eigenvalue weighted by Gasteiger charge is -2.13. The van der Waals surface area contributed by atoms with Crippen LogP contribution in [0, 0.1) is 10.5 Å². The Morgan fingerprint density at radius 3 is 2.39 bits per heavy atom. The van der Waals surface area contributed by atoms with Crippen molar-refractivity contribution < 1.29 is 14.3 Å². The van der Waals surface area contributed by atoms with Crippen molar-refractivity contribution in [1.29, 1.82) is 0 Å². The zero-order valence-electron chi connectivity index (χ0n) is 15.2. The summed E-state index contributed by atoms with van der Waals surface area (Å²) in [5, 5.41) is 5.65. The van der Waals surface area contributed by atoms with Crippen LogP contribution in [0.5, 0.6) is 5.75 Å². The van der Waals surface area contributed by atoms with E-state index in [9.17, 15) is 9.59 Å². The highest BCUT2D eigenvalue weighted by atomic mass is 127. The van der Waals surface area contributed by atoms with Crippen molar-refractivity contribution in [2.24, 2.45) is 0 Å². The fourth-order valence-corrected chi connectivity index (χ4v) is 3.24. The van der Waals surface area contributed by atoms with Gasteiger partial charge in [0.1, 0.15) is 5.75 Å². The molecule has 3 rings (SSSR count). The van der Waals surface area contributed by atoms with Gasteiger partial charge in [-0.3, -0.25) is 9.59 Å². The predicted octanol–water partition coefficient (Wildman–Crippen LogP) is 4.87. The highest BCUT2D eigenvalue weighted by Gasteiger charge is 2.14.